The Kier molecular flexibility index (Phi) is 21.4. The molecule has 0 radical (unpaired) electrons. The number of unbranched alkanes of at least 4 members (excludes halogenated alkanes) is 18. The van der Waals surface area contributed by atoms with E-state index in [0.717, 1.165) is 0 Å². The zero-order valence-corrected chi connectivity index (χ0v) is 23.9. The minimum Gasteiger partial charge on any atom is -0.324 e. The lowest BCUT2D eigenvalue weighted by atomic mass is 10.0. The van der Waals surface area contributed by atoms with Crippen LogP contribution in [0.3, 0.4) is 0 Å². The molecule has 0 rings (SSSR count). The molecule has 0 aromatic carbocycles. The van der Waals surface area contributed by atoms with E-state index in [1.807, 2.05) is 0 Å². The standard InChI is InChI=1S/C30H66N2/c1-7-9-11-13-15-16-17-18-19-20-21-22-24-26-28-32(5,6)30-29-31(3,4)27-25-23-14-12-10-8-2/h7-30H2,1-6H3/q+2. The second-order valence-electron chi connectivity index (χ2n) is 12.1. The highest BCUT2D eigenvalue weighted by Gasteiger charge is 2.22. The molecule has 0 spiro atoms. The number of quaternary nitrogens is 2. The topological polar surface area (TPSA) is 0 Å². The van der Waals surface area contributed by atoms with E-state index in [-0.39, 0.29) is 0 Å². The predicted octanol–water partition coefficient (Wildman–Crippen LogP) is 8.98. The van der Waals surface area contributed by atoms with Crippen molar-refractivity contribution in [3.63, 3.8) is 0 Å². The van der Waals surface area contributed by atoms with Crippen molar-refractivity contribution in [2.24, 2.45) is 0 Å². The Balaban J connectivity index is 3.56. The second kappa shape index (κ2) is 21.5. The molecule has 2 nitrogen and oxygen atoms in total. The molecule has 0 aliphatic rings. The third-order valence-electron chi connectivity index (χ3n) is 7.54. The number of nitrogens with zero attached hydrogens (tertiary/aromatic N) is 2. The third-order valence-corrected chi connectivity index (χ3v) is 7.54. The highest BCUT2D eigenvalue weighted by atomic mass is 15.4. The van der Waals surface area contributed by atoms with Gasteiger partial charge in [0.15, 0.2) is 0 Å². The monoisotopic (exact) mass is 455 g/mol. The van der Waals surface area contributed by atoms with E-state index in [0.29, 0.717) is 0 Å². The van der Waals surface area contributed by atoms with Gasteiger partial charge in [0.2, 0.25) is 0 Å². The maximum absolute atomic E-state index is 2.45. The van der Waals surface area contributed by atoms with E-state index in [1.54, 1.807) is 0 Å². The molecule has 0 aliphatic heterocycles. The summed E-state index contributed by atoms with van der Waals surface area (Å²) in [6, 6.07) is 0. The van der Waals surface area contributed by atoms with Gasteiger partial charge in [0.05, 0.1) is 41.3 Å². The lowest BCUT2D eigenvalue weighted by Gasteiger charge is -2.36. The van der Waals surface area contributed by atoms with Crippen molar-refractivity contribution < 1.29 is 8.97 Å². The number of rotatable bonds is 25. The molecule has 0 unspecified atom stereocenters. The van der Waals surface area contributed by atoms with E-state index in [9.17, 15) is 0 Å². The minimum absolute atomic E-state index is 1.20. The fourth-order valence-corrected chi connectivity index (χ4v) is 4.82. The van der Waals surface area contributed by atoms with Crippen molar-refractivity contribution in [1.82, 2.24) is 0 Å². The summed E-state index contributed by atoms with van der Waals surface area (Å²) >= 11 is 0. The van der Waals surface area contributed by atoms with E-state index < -0.39 is 0 Å². The molecule has 0 aromatic rings. The minimum atomic E-state index is 1.20. The first-order valence-corrected chi connectivity index (χ1v) is 15.0. The molecule has 0 heterocycles. The summed E-state index contributed by atoms with van der Waals surface area (Å²) in [5, 5.41) is 0. The van der Waals surface area contributed by atoms with Crippen LogP contribution in [0.2, 0.25) is 0 Å². The fourth-order valence-electron chi connectivity index (χ4n) is 4.82. The average Bonchev–Trinajstić information content (AvgIpc) is 2.75. The van der Waals surface area contributed by atoms with Crippen LogP contribution in [-0.4, -0.2) is 63.3 Å². The first-order valence-electron chi connectivity index (χ1n) is 15.0. The number of likely N-dealkylation sites (N-methyl/N-ethyl adjacent to an activating group) is 2. The Morgan fingerprint density at radius 3 is 0.750 bits per heavy atom. The van der Waals surface area contributed by atoms with Crippen molar-refractivity contribution in [2.75, 3.05) is 54.4 Å². The third kappa shape index (κ3) is 23.1. The lowest BCUT2D eigenvalue weighted by molar-refractivity contribution is -0.946. The first kappa shape index (κ1) is 31.9. The van der Waals surface area contributed by atoms with Gasteiger partial charge in [-0.15, -0.1) is 0 Å². The van der Waals surface area contributed by atoms with Crippen LogP contribution >= 0.6 is 0 Å². The molecular weight excluding hydrogens is 388 g/mol. The van der Waals surface area contributed by atoms with Gasteiger partial charge in [-0.25, -0.2) is 0 Å². The van der Waals surface area contributed by atoms with Gasteiger partial charge in [0.1, 0.15) is 13.1 Å². The Bertz CT molecular complexity index is 375. The van der Waals surface area contributed by atoms with E-state index in [1.165, 1.54) is 164 Å². The van der Waals surface area contributed by atoms with Gasteiger partial charge in [0.25, 0.3) is 0 Å². The van der Waals surface area contributed by atoms with Crippen LogP contribution in [0.4, 0.5) is 0 Å². The highest BCUT2D eigenvalue weighted by Crippen LogP contribution is 2.14. The normalized spacial score (nSPS) is 12.6. The molecule has 0 amide bonds. The largest absolute Gasteiger partial charge is 0.324 e. The zero-order chi connectivity index (χ0) is 24.0. The van der Waals surface area contributed by atoms with Crippen molar-refractivity contribution in [1.29, 1.82) is 0 Å². The predicted molar refractivity (Wildman–Crippen MR) is 147 cm³/mol. The van der Waals surface area contributed by atoms with E-state index >= 15 is 0 Å². The molecule has 0 saturated heterocycles. The van der Waals surface area contributed by atoms with Gasteiger partial charge >= 0.3 is 0 Å². The summed E-state index contributed by atoms with van der Waals surface area (Å²) in [5.41, 5.74) is 0. The van der Waals surface area contributed by atoms with Gasteiger partial charge < -0.3 is 8.97 Å². The maximum atomic E-state index is 2.45. The van der Waals surface area contributed by atoms with Crippen LogP contribution in [0.5, 0.6) is 0 Å². The fraction of sp³-hybridized carbons (Fsp3) is 1.00. The Morgan fingerprint density at radius 2 is 0.500 bits per heavy atom. The van der Waals surface area contributed by atoms with Crippen molar-refractivity contribution in [3.8, 4) is 0 Å². The van der Waals surface area contributed by atoms with Gasteiger partial charge in [-0.05, 0) is 25.7 Å². The first-order chi connectivity index (χ1) is 15.3. The summed E-state index contributed by atoms with van der Waals surface area (Å²) in [6.45, 7) is 9.96. The molecule has 0 aromatic heterocycles. The molecule has 0 fully saturated rings. The Morgan fingerprint density at radius 1 is 0.281 bits per heavy atom. The summed E-state index contributed by atoms with van der Waals surface area (Å²) < 4.78 is 2.41. The van der Waals surface area contributed by atoms with Crippen LogP contribution in [0.15, 0.2) is 0 Å². The average molecular weight is 455 g/mol. The maximum Gasteiger partial charge on any atom is 0.128 e. The van der Waals surface area contributed by atoms with Gasteiger partial charge in [-0.1, -0.05) is 117 Å². The SMILES string of the molecule is CCCCCCCCCCCCCCCC[N+](C)(C)CC[N+](C)(C)CCCCCCCC. The highest BCUT2D eigenvalue weighted by molar-refractivity contribution is 4.50. The molecule has 0 aliphatic carbocycles. The Labute approximate surface area is 205 Å². The summed E-state index contributed by atoms with van der Waals surface area (Å²) in [7, 11) is 9.79. The molecule has 0 bridgehead atoms. The Hall–Kier alpha value is -0.0800. The van der Waals surface area contributed by atoms with Crippen LogP contribution in [0.1, 0.15) is 142 Å². The number of hydrogen-bond donors (Lipinski definition) is 0. The summed E-state index contributed by atoms with van der Waals surface area (Å²) in [6.07, 6.45) is 28.8. The van der Waals surface area contributed by atoms with Crippen molar-refractivity contribution in [2.45, 2.75) is 142 Å². The second-order valence-corrected chi connectivity index (χ2v) is 12.1. The van der Waals surface area contributed by atoms with Gasteiger partial charge in [-0.3, -0.25) is 0 Å². The molecule has 0 N–H and O–H groups in total. The van der Waals surface area contributed by atoms with Gasteiger partial charge in [0, 0.05) is 0 Å². The van der Waals surface area contributed by atoms with Crippen LogP contribution < -0.4 is 0 Å². The lowest BCUT2D eigenvalue weighted by Crippen LogP contribution is -2.51. The molecule has 2 heteroatoms. The van der Waals surface area contributed by atoms with E-state index in [4.69, 9.17) is 0 Å². The van der Waals surface area contributed by atoms with E-state index in [2.05, 4.69) is 42.0 Å². The quantitative estimate of drug-likeness (QED) is 0.0953. The molecular formula is C30H66N2+2. The summed E-state index contributed by atoms with van der Waals surface area (Å²) in [5.74, 6) is 0. The van der Waals surface area contributed by atoms with Gasteiger partial charge in [-0.2, -0.15) is 0 Å². The molecule has 32 heavy (non-hydrogen) atoms. The van der Waals surface area contributed by atoms with Crippen LogP contribution in [0.25, 0.3) is 0 Å². The van der Waals surface area contributed by atoms with Crippen LogP contribution in [-0.2, 0) is 0 Å². The van der Waals surface area contributed by atoms with Crippen molar-refractivity contribution >= 4 is 0 Å². The number of hydrogen-bond acceptors (Lipinski definition) is 0. The zero-order valence-electron chi connectivity index (χ0n) is 23.9. The molecule has 194 valence electrons. The molecule has 0 saturated carbocycles. The smallest absolute Gasteiger partial charge is 0.128 e. The molecule has 0 atom stereocenters. The summed E-state index contributed by atoms with van der Waals surface area (Å²) in [4.78, 5) is 0. The van der Waals surface area contributed by atoms with Crippen LogP contribution in [0, 0.1) is 0 Å². The van der Waals surface area contributed by atoms with Crippen molar-refractivity contribution in [3.05, 3.63) is 0 Å².